The minimum atomic E-state index is -1.01. The van der Waals surface area contributed by atoms with Crippen molar-refractivity contribution in [3.63, 3.8) is 0 Å². The van der Waals surface area contributed by atoms with Crippen LogP contribution in [0.15, 0.2) is 18.2 Å². The number of amides is 1. The van der Waals surface area contributed by atoms with Gasteiger partial charge in [-0.15, -0.1) is 11.3 Å². The normalized spacial score (nSPS) is 12.8. The van der Waals surface area contributed by atoms with Crippen LogP contribution in [-0.4, -0.2) is 36.2 Å². The van der Waals surface area contributed by atoms with Gasteiger partial charge in [-0.3, -0.25) is 4.79 Å². The first-order chi connectivity index (χ1) is 9.93. The molecule has 2 N–H and O–H groups in total. The van der Waals surface area contributed by atoms with Crippen molar-refractivity contribution in [2.24, 2.45) is 5.92 Å². The summed E-state index contributed by atoms with van der Waals surface area (Å²) in [6, 6.07) is 3.38. The number of carbonyl (C=O) groups is 2. The van der Waals surface area contributed by atoms with E-state index in [0.717, 1.165) is 11.0 Å². The Kier molecular flexibility index (Phi) is 7.11. The van der Waals surface area contributed by atoms with Gasteiger partial charge in [0.2, 0.25) is 0 Å². The fourth-order valence-electron chi connectivity index (χ4n) is 1.60. The van der Waals surface area contributed by atoms with E-state index in [1.54, 1.807) is 12.1 Å². The molecule has 0 fully saturated rings. The Hall–Kier alpha value is -1.66. The minimum absolute atomic E-state index is 0.0439. The second kappa shape index (κ2) is 8.59. The topological polar surface area (TPSA) is 75.6 Å². The van der Waals surface area contributed by atoms with Gasteiger partial charge in [0.15, 0.2) is 0 Å². The van der Waals surface area contributed by atoms with Gasteiger partial charge < -0.3 is 15.2 Å². The predicted octanol–water partition coefficient (Wildman–Crippen LogP) is 2.64. The molecule has 0 saturated heterocycles. The lowest BCUT2D eigenvalue weighted by atomic mass is 10.1. The van der Waals surface area contributed by atoms with Gasteiger partial charge in [-0.2, -0.15) is 0 Å². The first kappa shape index (κ1) is 17.4. The molecular formula is C15H21NO4S. The Bertz CT molecular complexity index is 508. The van der Waals surface area contributed by atoms with Crippen molar-refractivity contribution < 1.29 is 19.4 Å². The Morgan fingerprint density at radius 1 is 1.43 bits per heavy atom. The summed E-state index contributed by atoms with van der Waals surface area (Å²) in [5.41, 5.74) is 0. The first-order valence-corrected chi connectivity index (χ1v) is 7.65. The third-order valence-corrected chi connectivity index (χ3v) is 3.91. The van der Waals surface area contributed by atoms with Crippen LogP contribution in [0.25, 0.3) is 6.08 Å². The molecule has 0 spiro atoms. The fourth-order valence-corrected chi connectivity index (χ4v) is 2.42. The van der Waals surface area contributed by atoms with Crippen molar-refractivity contribution in [2.45, 2.75) is 26.8 Å². The van der Waals surface area contributed by atoms with Crippen LogP contribution in [-0.2, 0) is 9.53 Å². The van der Waals surface area contributed by atoms with Crippen LogP contribution in [0.2, 0.25) is 0 Å². The second-order valence-corrected chi connectivity index (χ2v) is 5.97. The minimum Gasteiger partial charge on any atom is -0.478 e. The Morgan fingerprint density at radius 2 is 2.14 bits per heavy atom. The zero-order valence-corrected chi connectivity index (χ0v) is 13.3. The Labute approximate surface area is 128 Å². The molecule has 1 amide bonds. The van der Waals surface area contributed by atoms with Crippen LogP contribution in [0, 0.1) is 5.92 Å². The summed E-state index contributed by atoms with van der Waals surface area (Å²) in [7, 11) is 0. The molecule has 0 aliphatic rings. The molecule has 0 aliphatic carbocycles. The van der Waals surface area contributed by atoms with E-state index in [9.17, 15) is 9.59 Å². The van der Waals surface area contributed by atoms with Crippen molar-refractivity contribution in [1.29, 1.82) is 0 Å². The van der Waals surface area contributed by atoms with Gasteiger partial charge in [0.25, 0.3) is 5.91 Å². The summed E-state index contributed by atoms with van der Waals surface area (Å²) in [6.45, 7) is 7.07. The molecule has 0 saturated carbocycles. The summed E-state index contributed by atoms with van der Waals surface area (Å²) in [5, 5.41) is 11.5. The van der Waals surface area contributed by atoms with E-state index in [2.05, 4.69) is 5.32 Å². The highest BCUT2D eigenvalue weighted by molar-refractivity contribution is 7.14. The van der Waals surface area contributed by atoms with E-state index >= 15 is 0 Å². The lowest BCUT2D eigenvalue weighted by Crippen LogP contribution is -2.41. The zero-order chi connectivity index (χ0) is 15.8. The predicted molar refractivity (Wildman–Crippen MR) is 83.6 cm³/mol. The smallest absolute Gasteiger partial charge is 0.328 e. The second-order valence-electron chi connectivity index (χ2n) is 4.86. The van der Waals surface area contributed by atoms with Crippen LogP contribution in [0.4, 0.5) is 0 Å². The maximum Gasteiger partial charge on any atom is 0.328 e. The van der Waals surface area contributed by atoms with E-state index in [0.29, 0.717) is 18.1 Å². The van der Waals surface area contributed by atoms with E-state index in [1.165, 1.54) is 17.4 Å². The molecule has 0 aliphatic heterocycles. The average molecular weight is 311 g/mol. The molecule has 0 bridgehead atoms. The monoisotopic (exact) mass is 311 g/mol. The van der Waals surface area contributed by atoms with Gasteiger partial charge in [0.1, 0.15) is 0 Å². The van der Waals surface area contributed by atoms with Crippen LogP contribution in [0.3, 0.4) is 0 Å². The summed E-state index contributed by atoms with van der Waals surface area (Å²) in [6.07, 6.45) is 2.53. The van der Waals surface area contributed by atoms with E-state index < -0.39 is 5.97 Å². The highest BCUT2D eigenvalue weighted by atomic mass is 32.1. The standard InChI is InChI=1S/C15H21NO4S/c1-4-20-9-12(10(2)3)16-15(19)13-7-5-11(21-13)6-8-14(17)18/h5-8,10,12H,4,9H2,1-3H3,(H,16,19)(H,17,18)/b8-6+. The molecule has 6 heteroatoms. The number of carbonyl (C=O) groups excluding carboxylic acids is 1. The molecule has 1 atom stereocenters. The molecule has 1 aromatic rings. The third-order valence-electron chi connectivity index (χ3n) is 2.86. The largest absolute Gasteiger partial charge is 0.478 e. The Balaban J connectivity index is 2.67. The molecule has 1 rings (SSSR count). The van der Waals surface area contributed by atoms with Crippen LogP contribution >= 0.6 is 11.3 Å². The van der Waals surface area contributed by atoms with Crippen molar-refractivity contribution in [2.75, 3.05) is 13.2 Å². The molecule has 1 aromatic heterocycles. The number of carboxylic acid groups (broad SMARTS) is 1. The third kappa shape index (κ3) is 6.10. The maximum atomic E-state index is 12.2. The van der Waals surface area contributed by atoms with Crippen LogP contribution < -0.4 is 5.32 Å². The highest BCUT2D eigenvalue weighted by Gasteiger charge is 2.18. The van der Waals surface area contributed by atoms with Gasteiger partial charge in [0.05, 0.1) is 17.5 Å². The fraction of sp³-hybridized carbons (Fsp3) is 0.467. The molecule has 1 heterocycles. The van der Waals surface area contributed by atoms with Crippen molar-refractivity contribution in [1.82, 2.24) is 5.32 Å². The molecule has 0 aromatic carbocycles. The lowest BCUT2D eigenvalue weighted by molar-refractivity contribution is -0.131. The van der Waals surface area contributed by atoms with Crippen molar-refractivity contribution in [3.05, 3.63) is 28.0 Å². The van der Waals surface area contributed by atoms with Crippen LogP contribution in [0.1, 0.15) is 35.3 Å². The number of hydrogen-bond acceptors (Lipinski definition) is 4. The highest BCUT2D eigenvalue weighted by Crippen LogP contribution is 2.18. The van der Waals surface area contributed by atoms with E-state index in [-0.39, 0.29) is 17.9 Å². The number of hydrogen-bond donors (Lipinski definition) is 2. The molecule has 1 unspecified atom stereocenters. The first-order valence-electron chi connectivity index (χ1n) is 6.83. The SMILES string of the molecule is CCOCC(NC(=O)c1ccc(/C=C/C(=O)O)s1)C(C)C. The van der Waals surface area contributed by atoms with Crippen LogP contribution in [0.5, 0.6) is 0 Å². The van der Waals surface area contributed by atoms with Gasteiger partial charge in [-0.1, -0.05) is 13.8 Å². The zero-order valence-electron chi connectivity index (χ0n) is 12.5. The van der Waals surface area contributed by atoms with Gasteiger partial charge in [-0.25, -0.2) is 4.79 Å². The number of ether oxygens (including phenoxy) is 1. The lowest BCUT2D eigenvalue weighted by Gasteiger charge is -2.21. The van der Waals surface area contributed by atoms with Crippen molar-refractivity contribution in [3.8, 4) is 0 Å². The molecule has 116 valence electrons. The van der Waals surface area contributed by atoms with Gasteiger partial charge >= 0.3 is 5.97 Å². The van der Waals surface area contributed by atoms with Crippen molar-refractivity contribution >= 4 is 29.3 Å². The summed E-state index contributed by atoms with van der Waals surface area (Å²) in [5.74, 6) is -0.897. The maximum absolute atomic E-state index is 12.2. The Morgan fingerprint density at radius 3 is 2.71 bits per heavy atom. The van der Waals surface area contributed by atoms with E-state index in [1.807, 2.05) is 20.8 Å². The number of nitrogens with one attached hydrogen (secondary N) is 1. The average Bonchev–Trinajstić information content (AvgIpc) is 2.89. The quantitative estimate of drug-likeness (QED) is 0.724. The summed E-state index contributed by atoms with van der Waals surface area (Å²) < 4.78 is 5.38. The summed E-state index contributed by atoms with van der Waals surface area (Å²) >= 11 is 1.26. The molecular weight excluding hydrogens is 290 g/mol. The summed E-state index contributed by atoms with van der Waals surface area (Å²) in [4.78, 5) is 23.9. The number of thiophene rings is 1. The van der Waals surface area contributed by atoms with Gasteiger partial charge in [0, 0.05) is 17.6 Å². The number of rotatable bonds is 8. The van der Waals surface area contributed by atoms with Gasteiger partial charge in [-0.05, 0) is 31.1 Å². The molecule has 5 nitrogen and oxygen atoms in total. The molecule has 0 radical (unpaired) electrons. The number of carboxylic acids is 1. The van der Waals surface area contributed by atoms with E-state index in [4.69, 9.17) is 9.84 Å². The molecule has 21 heavy (non-hydrogen) atoms. The number of aliphatic carboxylic acids is 1.